The molecule has 7 heteroatoms. The fourth-order valence-electron chi connectivity index (χ4n) is 1.52. The minimum absolute atomic E-state index is 0.414. The number of H-pyrrole nitrogens is 1. The van der Waals surface area contributed by atoms with Gasteiger partial charge < -0.3 is 5.73 Å². The molecule has 3 aromatic heterocycles. The Morgan fingerprint density at radius 3 is 2.94 bits per heavy atom. The fraction of sp³-hybridized carbons (Fsp3) is 0.111. The van der Waals surface area contributed by atoms with Gasteiger partial charge in [0.05, 0.1) is 23.3 Å². The van der Waals surface area contributed by atoms with Crippen LogP contribution in [0.1, 0.15) is 0 Å². The third-order valence-corrected chi connectivity index (χ3v) is 2.30. The first-order valence-corrected chi connectivity index (χ1v) is 4.69. The maximum Gasteiger partial charge on any atom is 0.167 e. The van der Waals surface area contributed by atoms with E-state index in [1.807, 2.05) is 13.2 Å². The Labute approximate surface area is 90.3 Å². The summed E-state index contributed by atoms with van der Waals surface area (Å²) < 4.78 is 1.69. The van der Waals surface area contributed by atoms with Crippen LogP contribution in [0.4, 0.5) is 5.82 Å². The number of fused-ring (bicyclic) bond motifs is 1. The monoisotopic (exact) mass is 215 g/mol. The summed E-state index contributed by atoms with van der Waals surface area (Å²) in [6, 6.07) is 0. The summed E-state index contributed by atoms with van der Waals surface area (Å²) in [6.45, 7) is 0. The number of hydrogen-bond donors (Lipinski definition) is 2. The highest BCUT2D eigenvalue weighted by molar-refractivity contribution is 5.86. The third-order valence-electron chi connectivity index (χ3n) is 2.30. The van der Waals surface area contributed by atoms with Crippen LogP contribution in [0.2, 0.25) is 0 Å². The lowest BCUT2D eigenvalue weighted by atomic mass is 10.3. The van der Waals surface area contributed by atoms with Crippen molar-refractivity contribution < 1.29 is 0 Å². The van der Waals surface area contributed by atoms with E-state index in [1.54, 1.807) is 17.1 Å². The second-order valence-electron chi connectivity index (χ2n) is 3.47. The van der Waals surface area contributed by atoms with Crippen LogP contribution in [0.5, 0.6) is 0 Å². The van der Waals surface area contributed by atoms with Gasteiger partial charge in [-0.3, -0.25) is 9.78 Å². The summed E-state index contributed by atoms with van der Waals surface area (Å²) >= 11 is 0. The molecule has 3 N–H and O–H groups in total. The molecule has 80 valence electrons. The Morgan fingerprint density at radius 1 is 1.31 bits per heavy atom. The van der Waals surface area contributed by atoms with Crippen LogP contribution in [0, 0.1) is 0 Å². The quantitative estimate of drug-likeness (QED) is 0.609. The summed E-state index contributed by atoms with van der Waals surface area (Å²) in [7, 11) is 1.83. The van der Waals surface area contributed by atoms with Crippen molar-refractivity contribution in [2.45, 2.75) is 0 Å². The number of rotatable bonds is 1. The largest absolute Gasteiger partial charge is 0.383 e. The van der Waals surface area contributed by atoms with Gasteiger partial charge in [0.15, 0.2) is 11.5 Å². The van der Waals surface area contributed by atoms with E-state index in [0.717, 1.165) is 10.9 Å². The van der Waals surface area contributed by atoms with Crippen molar-refractivity contribution in [3.63, 3.8) is 0 Å². The van der Waals surface area contributed by atoms with E-state index in [1.165, 1.54) is 0 Å². The highest BCUT2D eigenvalue weighted by atomic mass is 15.2. The molecular weight excluding hydrogens is 206 g/mol. The van der Waals surface area contributed by atoms with Gasteiger partial charge in [0, 0.05) is 13.2 Å². The highest BCUT2D eigenvalue weighted by Crippen LogP contribution is 2.20. The number of nitrogens with zero attached hydrogens (tertiary/aromatic N) is 5. The molecule has 0 saturated carbocycles. The molecule has 16 heavy (non-hydrogen) atoms. The van der Waals surface area contributed by atoms with Crippen molar-refractivity contribution in [2.75, 3.05) is 5.73 Å². The van der Waals surface area contributed by atoms with Gasteiger partial charge in [-0.15, -0.1) is 0 Å². The molecule has 7 nitrogen and oxygen atoms in total. The molecule has 0 amide bonds. The lowest BCUT2D eigenvalue weighted by Gasteiger charge is -1.98. The van der Waals surface area contributed by atoms with Crippen LogP contribution in [0.25, 0.3) is 22.4 Å². The van der Waals surface area contributed by atoms with E-state index < -0.39 is 0 Å². The van der Waals surface area contributed by atoms with E-state index in [2.05, 4.69) is 25.3 Å². The molecule has 0 aliphatic carbocycles. The first-order chi connectivity index (χ1) is 7.74. The molecule has 3 aromatic rings. The van der Waals surface area contributed by atoms with Gasteiger partial charge in [0.25, 0.3) is 0 Å². The average molecular weight is 215 g/mol. The second-order valence-corrected chi connectivity index (χ2v) is 3.47. The van der Waals surface area contributed by atoms with Gasteiger partial charge >= 0.3 is 0 Å². The van der Waals surface area contributed by atoms with E-state index in [9.17, 15) is 0 Å². The standard InChI is InChI=1S/C9H9N7/c1-16-4-5(2-12-16)8-13-7(10)6-3-11-15-9(6)14-8/h2-4H,1H3,(H3,10,11,13,14,15). The lowest BCUT2D eigenvalue weighted by Crippen LogP contribution is -1.96. The van der Waals surface area contributed by atoms with E-state index >= 15 is 0 Å². The number of aromatic amines is 1. The number of aryl methyl sites for hydroxylation is 1. The van der Waals surface area contributed by atoms with Crippen LogP contribution >= 0.6 is 0 Å². The van der Waals surface area contributed by atoms with Crippen LogP contribution in [-0.4, -0.2) is 29.9 Å². The molecule has 0 saturated heterocycles. The second kappa shape index (κ2) is 3.02. The van der Waals surface area contributed by atoms with Crippen LogP contribution in [-0.2, 0) is 7.05 Å². The summed E-state index contributed by atoms with van der Waals surface area (Å²) in [5.74, 6) is 0.958. The van der Waals surface area contributed by atoms with Gasteiger partial charge in [0.2, 0.25) is 0 Å². The molecule has 3 rings (SSSR count). The summed E-state index contributed by atoms with van der Waals surface area (Å²) in [6.07, 6.45) is 5.13. The van der Waals surface area contributed by atoms with Gasteiger partial charge in [0.1, 0.15) is 5.82 Å². The lowest BCUT2D eigenvalue weighted by molar-refractivity contribution is 0.768. The number of hydrogen-bond acceptors (Lipinski definition) is 5. The highest BCUT2D eigenvalue weighted by Gasteiger charge is 2.09. The molecule has 0 radical (unpaired) electrons. The topological polar surface area (TPSA) is 98.3 Å². The van der Waals surface area contributed by atoms with Crippen molar-refractivity contribution in [1.82, 2.24) is 29.9 Å². The molecule has 0 spiro atoms. The number of nitrogens with one attached hydrogen (secondary N) is 1. The molecule has 0 aliphatic heterocycles. The smallest absolute Gasteiger partial charge is 0.167 e. The maximum absolute atomic E-state index is 5.81. The molecule has 0 aliphatic rings. The molecule has 0 aromatic carbocycles. The predicted octanol–water partition coefficient (Wildman–Crippen LogP) is 0.336. The SMILES string of the molecule is Cn1cc(-c2nc(N)c3cn[nH]c3n2)cn1. The predicted molar refractivity (Wildman–Crippen MR) is 58.3 cm³/mol. The maximum atomic E-state index is 5.81. The summed E-state index contributed by atoms with van der Waals surface area (Å²) in [4.78, 5) is 8.53. The van der Waals surface area contributed by atoms with Crippen LogP contribution < -0.4 is 5.73 Å². The number of nitrogen functional groups attached to an aromatic ring is 1. The van der Waals surface area contributed by atoms with Gasteiger partial charge in [-0.25, -0.2) is 9.97 Å². The fourth-order valence-corrected chi connectivity index (χ4v) is 1.52. The van der Waals surface area contributed by atoms with E-state index in [-0.39, 0.29) is 0 Å². The number of aromatic nitrogens is 6. The van der Waals surface area contributed by atoms with Gasteiger partial charge in [-0.2, -0.15) is 10.2 Å². The Balaban J connectivity index is 2.24. The van der Waals surface area contributed by atoms with Crippen molar-refractivity contribution in [1.29, 1.82) is 0 Å². The van der Waals surface area contributed by atoms with Gasteiger partial charge in [-0.1, -0.05) is 0 Å². The number of anilines is 1. The Bertz CT molecular complexity index is 651. The molecule has 0 bridgehead atoms. The zero-order valence-electron chi connectivity index (χ0n) is 8.55. The van der Waals surface area contributed by atoms with E-state index in [0.29, 0.717) is 17.3 Å². The van der Waals surface area contributed by atoms with Crippen LogP contribution in [0.15, 0.2) is 18.6 Å². The van der Waals surface area contributed by atoms with Crippen LogP contribution in [0.3, 0.4) is 0 Å². The Hall–Kier alpha value is -2.44. The first-order valence-electron chi connectivity index (χ1n) is 4.69. The minimum Gasteiger partial charge on any atom is -0.383 e. The van der Waals surface area contributed by atoms with Crippen molar-refractivity contribution in [3.05, 3.63) is 18.6 Å². The minimum atomic E-state index is 0.414. The average Bonchev–Trinajstić information content (AvgIpc) is 2.85. The molecule has 0 atom stereocenters. The third kappa shape index (κ3) is 1.22. The first kappa shape index (κ1) is 8.84. The summed E-state index contributed by atoms with van der Waals surface area (Å²) in [5.41, 5.74) is 7.26. The zero-order valence-corrected chi connectivity index (χ0v) is 8.55. The Morgan fingerprint density at radius 2 is 2.19 bits per heavy atom. The van der Waals surface area contributed by atoms with Gasteiger partial charge in [-0.05, 0) is 0 Å². The molecule has 3 heterocycles. The van der Waals surface area contributed by atoms with Crippen molar-refractivity contribution in [2.24, 2.45) is 7.05 Å². The van der Waals surface area contributed by atoms with E-state index in [4.69, 9.17) is 5.73 Å². The Kier molecular flexibility index (Phi) is 1.67. The molecule has 0 fully saturated rings. The van der Waals surface area contributed by atoms with Crippen molar-refractivity contribution >= 4 is 16.9 Å². The normalized spacial score (nSPS) is 11.1. The zero-order chi connectivity index (χ0) is 11.1. The number of nitrogens with two attached hydrogens (primary N) is 1. The molecule has 0 unspecified atom stereocenters. The summed E-state index contributed by atoms with van der Waals surface area (Å²) in [5, 5.41) is 11.4. The van der Waals surface area contributed by atoms with Crippen molar-refractivity contribution in [3.8, 4) is 11.4 Å². The molecular formula is C9H9N7.